The number of likely N-dealkylation sites (tertiary alicyclic amines) is 1. The van der Waals surface area contributed by atoms with Crippen molar-refractivity contribution in [2.45, 2.75) is 51.1 Å². The average Bonchev–Trinajstić information content (AvgIpc) is 2.62. The molecule has 1 atom stereocenters. The molecule has 0 spiro atoms. The summed E-state index contributed by atoms with van der Waals surface area (Å²) in [6, 6.07) is 5.81. The van der Waals surface area contributed by atoms with E-state index in [2.05, 4.69) is 0 Å². The van der Waals surface area contributed by atoms with E-state index in [4.69, 9.17) is 4.74 Å². The lowest BCUT2D eigenvalue weighted by Gasteiger charge is -2.45. The van der Waals surface area contributed by atoms with Crippen LogP contribution in [-0.2, 0) is 22.1 Å². The van der Waals surface area contributed by atoms with Crippen LogP contribution in [0.5, 0.6) is 0 Å². The number of aryl methyl sites for hydroxylation is 1. The van der Waals surface area contributed by atoms with Crippen LogP contribution in [0.2, 0.25) is 0 Å². The van der Waals surface area contributed by atoms with Crippen LogP contribution in [0.25, 0.3) is 0 Å². The van der Waals surface area contributed by atoms with Gasteiger partial charge < -0.3 is 9.64 Å². The molecule has 0 aromatic heterocycles. The fourth-order valence-electron chi connectivity index (χ4n) is 4.49. The van der Waals surface area contributed by atoms with Gasteiger partial charge in [-0.2, -0.15) is 13.2 Å². The Labute approximate surface area is 158 Å². The molecule has 1 heterocycles. The molecule has 1 aliphatic carbocycles. The number of alkyl halides is 3. The number of halogens is 3. The van der Waals surface area contributed by atoms with Crippen LogP contribution >= 0.6 is 0 Å². The highest BCUT2D eigenvalue weighted by molar-refractivity contribution is 5.84. The Hall–Kier alpha value is -1.56. The summed E-state index contributed by atoms with van der Waals surface area (Å²) in [7, 11) is 1.63. The van der Waals surface area contributed by atoms with Crippen molar-refractivity contribution in [3.63, 3.8) is 0 Å². The summed E-state index contributed by atoms with van der Waals surface area (Å²) in [6.07, 6.45) is 1.44. The molecular weight excluding hydrogens is 355 g/mol. The number of nitrogens with zero attached hydrogens (tertiary/aromatic N) is 1. The number of hydrogen-bond acceptors (Lipinski definition) is 2. The second-order valence-corrected chi connectivity index (χ2v) is 8.02. The molecule has 150 valence electrons. The highest BCUT2D eigenvalue weighted by atomic mass is 19.4. The standard InChI is InChI=1S/C21H28F3NO2/c1-27-15-20(11-5-12-20)19(26)25-13-4-6-16(14-25)9-10-17-7-2-3-8-18(17)21(22,23)24/h2-3,7-8,16H,4-6,9-15H2,1H3. The predicted molar refractivity (Wildman–Crippen MR) is 97.2 cm³/mol. The van der Waals surface area contributed by atoms with Crippen molar-refractivity contribution in [2.75, 3.05) is 26.8 Å². The van der Waals surface area contributed by atoms with E-state index in [1.807, 2.05) is 4.90 Å². The van der Waals surface area contributed by atoms with Gasteiger partial charge in [0.15, 0.2) is 0 Å². The molecule has 1 aromatic rings. The fourth-order valence-corrected chi connectivity index (χ4v) is 4.49. The second kappa shape index (κ2) is 8.21. The van der Waals surface area contributed by atoms with Gasteiger partial charge in [-0.1, -0.05) is 24.6 Å². The summed E-state index contributed by atoms with van der Waals surface area (Å²) in [6.45, 7) is 1.87. The zero-order valence-electron chi connectivity index (χ0n) is 15.9. The molecule has 0 radical (unpaired) electrons. The van der Waals surface area contributed by atoms with Crippen LogP contribution in [0, 0.1) is 11.3 Å². The molecular formula is C21H28F3NO2. The van der Waals surface area contributed by atoms with E-state index < -0.39 is 11.7 Å². The SMILES string of the molecule is COCC1(C(=O)N2CCCC(CCc3ccccc3C(F)(F)F)C2)CCC1. The van der Waals surface area contributed by atoms with Gasteiger partial charge in [0.05, 0.1) is 17.6 Å². The molecule has 1 saturated carbocycles. The van der Waals surface area contributed by atoms with Gasteiger partial charge in [-0.15, -0.1) is 0 Å². The Bertz CT molecular complexity index is 655. The number of methoxy groups -OCH3 is 1. The third-order valence-corrected chi connectivity index (χ3v) is 6.14. The van der Waals surface area contributed by atoms with Crippen molar-refractivity contribution in [3.05, 3.63) is 35.4 Å². The van der Waals surface area contributed by atoms with Gasteiger partial charge in [-0.05, 0) is 56.1 Å². The lowest BCUT2D eigenvalue weighted by molar-refractivity contribution is -0.154. The van der Waals surface area contributed by atoms with E-state index in [0.29, 0.717) is 31.6 Å². The summed E-state index contributed by atoms with van der Waals surface area (Å²) in [5.41, 5.74) is -0.551. The van der Waals surface area contributed by atoms with E-state index in [0.717, 1.165) is 44.7 Å². The molecule has 1 saturated heterocycles. The molecule has 6 heteroatoms. The zero-order chi connectivity index (χ0) is 19.5. The minimum atomic E-state index is -4.32. The van der Waals surface area contributed by atoms with Crippen LogP contribution in [0.1, 0.15) is 49.7 Å². The van der Waals surface area contributed by atoms with Crippen LogP contribution in [0.15, 0.2) is 24.3 Å². The minimum absolute atomic E-state index is 0.177. The van der Waals surface area contributed by atoms with Crippen molar-refractivity contribution in [3.8, 4) is 0 Å². The van der Waals surface area contributed by atoms with E-state index in [1.54, 1.807) is 19.2 Å². The first-order valence-electron chi connectivity index (χ1n) is 9.79. The van der Waals surface area contributed by atoms with E-state index >= 15 is 0 Å². The van der Waals surface area contributed by atoms with Crippen LogP contribution < -0.4 is 0 Å². The van der Waals surface area contributed by atoms with Gasteiger partial charge in [0.1, 0.15) is 0 Å². The van der Waals surface area contributed by atoms with Crippen LogP contribution in [0.4, 0.5) is 13.2 Å². The summed E-state index contributed by atoms with van der Waals surface area (Å²) in [4.78, 5) is 14.9. The number of ether oxygens (including phenoxy) is 1. The van der Waals surface area contributed by atoms with Gasteiger partial charge in [0.25, 0.3) is 0 Å². The number of carbonyl (C=O) groups excluding carboxylic acids is 1. The summed E-state index contributed by atoms with van der Waals surface area (Å²) >= 11 is 0. The first-order chi connectivity index (χ1) is 12.9. The normalized spacial score (nSPS) is 22.4. The Balaban J connectivity index is 1.60. The quantitative estimate of drug-likeness (QED) is 0.713. The van der Waals surface area contributed by atoms with E-state index in [1.165, 1.54) is 6.07 Å². The molecule has 1 aromatic carbocycles. The highest BCUT2D eigenvalue weighted by Gasteiger charge is 2.47. The zero-order valence-corrected chi connectivity index (χ0v) is 15.9. The molecule has 0 N–H and O–H groups in total. The Morgan fingerprint density at radius 1 is 1.26 bits per heavy atom. The Morgan fingerprint density at radius 2 is 2.00 bits per heavy atom. The topological polar surface area (TPSA) is 29.5 Å². The highest BCUT2D eigenvalue weighted by Crippen LogP contribution is 2.43. The molecule has 1 amide bonds. The fraction of sp³-hybridized carbons (Fsp3) is 0.667. The number of piperidine rings is 1. The van der Waals surface area contributed by atoms with Crippen LogP contribution in [-0.4, -0.2) is 37.6 Å². The van der Waals surface area contributed by atoms with Crippen LogP contribution in [0.3, 0.4) is 0 Å². The van der Waals surface area contributed by atoms with Gasteiger partial charge in [0, 0.05) is 20.2 Å². The lowest BCUT2D eigenvalue weighted by atomic mass is 9.68. The maximum absolute atomic E-state index is 13.2. The summed E-state index contributed by atoms with van der Waals surface area (Å²) in [5.74, 6) is 0.430. The first kappa shape index (κ1) is 20.2. The third kappa shape index (κ3) is 4.48. The molecule has 2 aliphatic rings. The molecule has 3 rings (SSSR count). The molecule has 0 bridgehead atoms. The molecule has 27 heavy (non-hydrogen) atoms. The summed E-state index contributed by atoms with van der Waals surface area (Å²) in [5, 5.41) is 0. The number of carbonyl (C=O) groups is 1. The minimum Gasteiger partial charge on any atom is -0.384 e. The van der Waals surface area contributed by atoms with E-state index in [-0.39, 0.29) is 17.2 Å². The third-order valence-electron chi connectivity index (χ3n) is 6.14. The molecule has 1 unspecified atom stereocenters. The molecule has 1 aliphatic heterocycles. The van der Waals surface area contributed by atoms with Gasteiger partial charge in [-0.3, -0.25) is 4.79 Å². The van der Waals surface area contributed by atoms with Crippen molar-refractivity contribution in [1.29, 1.82) is 0 Å². The predicted octanol–water partition coefficient (Wildman–Crippen LogP) is 4.69. The largest absolute Gasteiger partial charge is 0.416 e. The maximum Gasteiger partial charge on any atom is 0.416 e. The Kier molecular flexibility index (Phi) is 6.14. The number of amides is 1. The Morgan fingerprint density at radius 3 is 2.63 bits per heavy atom. The number of benzene rings is 1. The number of rotatable bonds is 6. The van der Waals surface area contributed by atoms with Crippen molar-refractivity contribution >= 4 is 5.91 Å². The van der Waals surface area contributed by atoms with Crippen molar-refractivity contribution < 1.29 is 22.7 Å². The van der Waals surface area contributed by atoms with Gasteiger partial charge >= 0.3 is 6.18 Å². The monoisotopic (exact) mass is 383 g/mol. The molecule has 2 fully saturated rings. The average molecular weight is 383 g/mol. The van der Waals surface area contributed by atoms with Crippen molar-refractivity contribution in [2.24, 2.45) is 11.3 Å². The van der Waals surface area contributed by atoms with E-state index in [9.17, 15) is 18.0 Å². The molecule has 3 nitrogen and oxygen atoms in total. The lowest BCUT2D eigenvalue weighted by Crippen LogP contribution is -2.53. The van der Waals surface area contributed by atoms with Gasteiger partial charge in [0.2, 0.25) is 5.91 Å². The maximum atomic E-state index is 13.2. The van der Waals surface area contributed by atoms with Crippen molar-refractivity contribution in [1.82, 2.24) is 4.90 Å². The first-order valence-corrected chi connectivity index (χ1v) is 9.79. The smallest absolute Gasteiger partial charge is 0.384 e. The summed E-state index contributed by atoms with van der Waals surface area (Å²) < 4.78 is 44.8. The van der Waals surface area contributed by atoms with Gasteiger partial charge in [-0.25, -0.2) is 0 Å². The number of hydrogen-bond donors (Lipinski definition) is 0. The second-order valence-electron chi connectivity index (χ2n) is 8.02.